The molecule has 0 aliphatic rings. The molecule has 9 heteroatoms. The topological polar surface area (TPSA) is 114 Å². The number of rotatable bonds is 10. The van der Waals surface area contributed by atoms with Crippen LogP contribution in [0.25, 0.3) is 0 Å². The molecular formula is C11H20N3O5P. The molecule has 0 aliphatic heterocycles. The minimum absolute atomic E-state index is 0.157. The number of aromatic amines is 1. The van der Waals surface area contributed by atoms with Crippen LogP contribution in [0.3, 0.4) is 0 Å². The van der Waals surface area contributed by atoms with E-state index in [9.17, 15) is 9.36 Å². The second kappa shape index (κ2) is 8.16. The van der Waals surface area contributed by atoms with E-state index in [4.69, 9.17) is 14.2 Å². The zero-order chi connectivity index (χ0) is 15.0. The van der Waals surface area contributed by atoms with Crippen LogP contribution in [0.4, 0.5) is 0 Å². The summed E-state index contributed by atoms with van der Waals surface area (Å²) in [6.07, 6.45) is 3.11. The Hall–Kier alpha value is -1.21. The summed E-state index contributed by atoms with van der Waals surface area (Å²) in [5.41, 5.74) is 0.604. The van der Waals surface area contributed by atoms with Gasteiger partial charge in [-0.15, -0.1) is 0 Å². The molecule has 0 saturated carbocycles. The van der Waals surface area contributed by atoms with Gasteiger partial charge in [-0.1, -0.05) is 0 Å². The number of nitrogens with zero attached hydrogens (tertiary/aromatic N) is 1. The maximum atomic E-state index is 12.2. The Bertz CT molecular complexity index is 441. The molecule has 0 fully saturated rings. The van der Waals surface area contributed by atoms with Crippen LogP contribution in [0.15, 0.2) is 12.5 Å². The largest absolute Gasteiger partial charge is 0.480 e. The van der Waals surface area contributed by atoms with E-state index in [1.54, 1.807) is 20.0 Å². The van der Waals surface area contributed by atoms with Crippen LogP contribution in [0.5, 0.6) is 0 Å². The summed E-state index contributed by atoms with van der Waals surface area (Å²) in [6, 6.07) is -0.910. The standard InChI is InChI=1S/C11H20N3O5P/c1-3-18-20(17,19-4-2)8-14-10(11(15)16)5-9-6-12-7-13-9/h6-7,10,14H,3-5,8H2,1-2H3,(H,12,13)(H,15,16)/t10-/m0/s1. The number of H-pyrrole nitrogens is 1. The van der Waals surface area contributed by atoms with Crippen LogP contribution in [0, 0.1) is 0 Å². The highest BCUT2D eigenvalue weighted by molar-refractivity contribution is 7.53. The molecule has 0 aliphatic carbocycles. The number of hydrogen-bond donors (Lipinski definition) is 3. The van der Waals surface area contributed by atoms with E-state index >= 15 is 0 Å². The average Bonchev–Trinajstić information content (AvgIpc) is 2.87. The van der Waals surface area contributed by atoms with Gasteiger partial charge >= 0.3 is 13.6 Å². The van der Waals surface area contributed by atoms with E-state index in [1.807, 2.05) is 0 Å². The Morgan fingerprint density at radius 2 is 2.15 bits per heavy atom. The molecule has 1 aromatic heterocycles. The number of aromatic nitrogens is 2. The van der Waals surface area contributed by atoms with Gasteiger partial charge in [0.15, 0.2) is 0 Å². The van der Waals surface area contributed by atoms with Crippen molar-refractivity contribution in [3.05, 3.63) is 18.2 Å². The van der Waals surface area contributed by atoms with Crippen LogP contribution in [0.1, 0.15) is 19.5 Å². The first-order valence-corrected chi connectivity index (χ1v) is 8.05. The lowest BCUT2D eigenvalue weighted by atomic mass is 10.2. The number of aliphatic carboxylic acids is 1. The minimum atomic E-state index is -3.31. The van der Waals surface area contributed by atoms with Crippen molar-refractivity contribution in [1.82, 2.24) is 15.3 Å². The van der Waals surface area contributed by atoms with Crippen molar-refractivity contribution in [2.45, 2.75) is 26.3 Å². The molecule has 1 heterocycles. The number of carboxylic acid groups (broad SMARTS) is 1. The van der Waals surface area contributed by atoms with Crippen LogP contribution in [0.2, 0.25) is 0 Å². The Kier molecular flexibility index (Phi) is 6.87. The number of carbonyl (C=O) groups is 1. The molecular weight excluding hydrogens is 285 g/mol. The first-order valence-electron chi connectivity index (χ1n) is 6.32. The fourth-order valence-corrected chi connectivity index (χ4v) is 3.09. The fourth-order valence-electron chi connectivity index (χ4n) is 1.60. The molecule has 0 amide bonds. The molecule has 1 aromatic rings. The highest BCUT2D eigenvalue weighted by Crippen LogP contribution is 2.46. The van der Waals surface area contributed by atoms with E-state index in [0.29, 0.717) is 5.69 Å². The predicted octanol–water partition coefficient (Wildman–Crippen LogP) is 1.22. The monoisotopic (exact) mass is 305 g/mol. The molecule has 0 aromatic carbocycles. The number of hydrogen-bond acceptors (Lipinski definition) is 6. The maximum absolute atomic E-state index is 12.2. The van der Waals surface area contributed by atoms with Crippen molar-refractivity contribution >= 4 is 13.6 Å². The second-order valence-corrected chi connectivity index (χ2v) is 6.02. The Labute approximate surface area is 117 Å². The van der Waals surface area contributed by atoms with Crippen molar-refractivity contribution in [1.29, 1.82) is 0 Å². The van der Waals surface area contributed by atoms with E-state index < -0.39 is 19.6 Å². The second-order valence-electron chi connectivity index (χ2n) is 3.96. The van der Waals surface area contributed by atoms with Crippen LogP contribution in [-0.4, -0.2) is 46.6 Å². The van der Waals surface area contributed by atoms with Gasteiger partial charge in [-0.2, -0.15) is 0 Å². The lowest BCUT2D eigenvalue weighted by Crippen LogP contribution is -2.39. The molecule has 0 saturated heterocycles. The Morgan fingerprint density at radius 3 is 2.60 bits per heavy atom. The maximum Gasteiger partial charge on any atom is 0.344 e. The highest BCUT2D eigenvalue weighted by Gasteiger charge is 2.27. The van der Waals surface area contributed by atoms with Crippen molar-refractivity contribution in [3.63, 3.8) is 0 Å². The lowest BCUT2D eigenvalue weighted by Gasteiger charge is -2.20. The van der Waals surface area contributed by atoms with Crippen molar-refractivity contribution in [3.8, 4) is 0 Å². The van der Waals surface area contributed by atoms with E-state index in [0.717, 1.165) is 0 Å². The van der Waals surface area contributed by atoms with Gasteiger partial charge in [0.2, 0.25) is 0 Å². The molecule has 0 unspecified atom stereocenters. The lowest BCUT2D eigenvalue weighted by molar-refractivity contribution is -0.139. The quantitative estimate of drug-likeness (QED) is 0.557. The summed E-state index contributed by atoms with van der Waals surface area (Å²) in [7, 11) is -3.31. The molecule has 0 radical (unpaired) electrons. The summed E-state index contributed by atoms with van der Waals surface area (Å²) >= 11 is 0. The minimum Gasteiger partial charge on any atom is -0.480 e. The van der Waals surface area contributed by atoms with Gasteiger partial charge in [0.25, 0.3) is 0 Å². The third kappa shape index (κ3) is 5.42. The van der Waals surface area contributed by atoms with Crippen LogP contribution in [-0.2, 0) is 24.8 Å². The zero-order valence-electron chi connectivity index (χ0n) is 11.5. The Balaban J connectivity index is 2.61. The summed E-state index contributed by atoms with van der Waals surface area (Å²) in [6.45, 7) is 3.86. The fraction of sp³-hybridized carbons (Fsp3) is 0.636. The number of carboxylic acids is 1. The molecule has 0 spiro atoms. The van der Waals surface area contributed by atoms with Gasteiger partial charge < -0.3 is 19.1 Å². The molecule has 1 atom stereocenters. The van der Waals surface area contributed by atoms with Crippen LogP contribution >= 0.6 is 7.60 Å². The summed E-state index contributed by atoms with van der Waals surface area (Å²) in [4.78, 5) is 17.9. The highest BCUT2D eigenvalue weighted by atomic mass is 31.2. The normalized spacial score (nSPS) is 13.3. The summed E-state index contributed by atoms with van der Waals surface area (Å²) in [5.74, 6) is -1.05. The number of imidazole rings is 1. The molecule has 1 rings (SSSR count). The predicted molar refractivity (Wildman–Crippen MR) is 72.6 cm³/mol. The van der Waals surface area contributed by atoms with Crippen LogP contribution < -0.4 is 5.32 Å². The van der Waals surface area contributed by atoms with E-state index in [2.05, 4.69) is 15.3 Å². The number of nitrogens with one attached hydrogen (secondary N) is 2. The first-order chi connectivity index (χ1) is 9.50. The third-order valence-corrected chi connectivity index (χ3v) is 4.32. The average molecular weight is 305 g/mol. The summed E-state index contributed by atoms with van der Waals surface area (Å²) in [5, 5.41) is 11.9. The van der Waals surface area contributed by atoms with Gasteiger partial charge in [0, 0.05) is 12.6 Å². The van der Waals surface area contributed by atoms with Gasteiger partial charge in [-0.05, 0) is 13.8 Å². The molecule has 114 valence electrons. The van der Waals surface area contributed by atoms with E-state index in [1.165, 1.54) is 6.33 Å². The SMILES string of the molecule is CCOP(=O)(CN[C@@H](Cc1c[nH]cn1)C(=O)O)OCC. The smallest absolute Gasteiger partial charge is 0.344 e. The first kappa shape index (κ1) is 16.8. The van der Waals surface area contributed by atoms with Crippen molar-refractivity contribution in [2.24, 2.45) is 0 Å². The van der Waals surface area contributed by atoms with Gasteiger partial charge in [-0.25, -0.2) is 4.98 Å². The van der Waals surface area contributed by atoms with Gasteiger partial charge in [-0.3, -0.25) is 14.7 Å². The van der Waals surface area contributed by atoms with Gasteiger partial charge in [0.05, 0.1) is 31.5 Å². The van der Waals surface area contributed by atoms with Crippen molar-refractivity contribution < 1.29 is 23.5 Å². The van der Waals surface area contributed by atoms with Gasteiger partial charge in [0.1, 0.15) is 6.04 Å². The third-order valence-electron chi connectivity index (χ3n) is 2.45. The van der Waals surface area contributed by atoms with Crippen molar-refractivity contribution in [2.75, 3.05) is 19.5 Å². The zero-order valence-corrected chi connectivity index (χ0v) is 12.4. The molecule has 8 nitrogen and oxygen atoms in total. The molecule has 20 heavy (non-hydrogen) atoms. The summed E-state index contributed by atoms with van der Waals surface area (Å²) < 4.78 is 22.4. The van der Waals surface area contributed by atoms with E-state index in [-0.39, 0.29) is 25.9 Å². The Morgan fingerprint density at radius 1 is 1.50 bits per heavy atom. The molecule has 0 bridgehead atoms. The molecule has 3 N–H and O–H groups in total.